The number of nitrogens with zero attached hydrogens (tertiary/aromatic N) is 1. The number of hydrogen-bond donors (Lipinski definition) is 0. The van der Waals surface area contributed by atoms with Gasteiger partial charge in [0.2, 0.25) is 0 Å². The van der Waals surface area contributed by atoms with Crippen LogP contribution in [0.2, 0.25) is 0 Å². The molecule has 0 N–H and O–H groups in total. The fourth-order valence-electron chi connectivity index (χ4n) is 2.46. The zero-order valence-electron chi connectivity index (χ0n) is 11.7. The first kappa shape index (κ1) is 14.3. The topological polar surface area (TPSA) is 73.0 Å². The van der Waals surface area contributed by atoms with Crippen LogP contribution in [0.15, 0.2) is 60.7 Å². The average molecular weight is 296 g/mol. The smallest absolute Gasteiger partial charge is 0.259 e. The minimum atomic E-state index is -1.53. The molecule has 112 valence electrons. The summed E-state index contributed by atoms with van der Waals surface area (Å²) in [4.78, 5) is 24.9. The predicted molar refractivity (Wildman–Crippen MR) is 76.9 cm³/mol. The van der Waals surface area contributed by atoms with Crippen molar-refractivity contribution in [2.75, 3.05) is 6.61 Å². The van der Waals surface area contributed by atoms with Crippen LogP contribution in [0.25, 0.3) is 0 Å². The Labute approximate surface area is 127 Å². The Kier molecular flexibility index (Phi) is 3.89. The van der Waals surface area contributed by atoms with Crippen molar-refractivity contribution in [2.24, 2.45) is 0 Å². The molecule has 2 aromatic rings. The van der Waals surface area contributed by atoms with Crippen LogP contribution < -0.4 is 5.11 Å². The number of imide groups is 1. The van der Waals surface area contributed by atoms with E-state index in [1.54, 1.807) is 54.6 Å². The fourth-order valence-corrected chi connectivity index (χ4v) is 2.46. The molecular formula is C17H14NO4-. The van der Waals surface area contributed by atoms with E-state index in [9.17, 15) is 14.7 Å². The molecule has 1 aliphatic heterocycles. The van der Waals surface area contributed by atoms with E-state index in [0.717, 1.165) is 4.90 Å². The molecule has 0 bridgehead atoms. The van der Waals surface area contributed by atoms with Gasteiger partial charge in [-0.1, -0.05) is 48.5 Å². The molecule has 1 saturated heterocycles. The quantitative estimate of drug-likeness (QED) is 0.804. The number of carbonyl (C=O) groups excluding carboxylic acids is 2. The van der Waals surface area contributed by atoms with Crippen LogP contribution in [0.3, 0.4) is 0 Å². The molecular weight excluding hydrogens is 282 g/mol. The first-order chi connectivity index (χ1) is 10.7. The first-order valence-corrected chi connectivity index (χ1v) is 6.94. The molecule has 2 amide bonds. The van der Waals surface area contributed by atoms with Gasteiger partial charge in [-0.3, -0.25) is 9.69 Å². The molecule has 1 heterocycles. The zero-order valence-corrected chi connectivity index (χ0v) is 11.7. The van der Waals surface area contributed by atoms with E-state index in [-0.39, 0.29) is 6.10 Å². The standard InChI is InChI=1S/C17H15NO4/c19-16(13-9-5-2-6-10-13)18(17(20)21)15(14-11-22-14)12-7-3-1-4-8-12/h1-10,14-15H,11H2,(H,20,21)/p-1. The van der Waals surface area contributed by atoms with Gasteiger partial charge in [0.1, 0.15) is 12.2 Å². The van der Waals surface area contributed by atoms with E-state index >= 15 is 0 Å². The van der Waals surface area contributed by atoms with Crippen molar-refractivity contribution in [3.8, 4) is 0 Å². The monoisotopic (exact) mass is 296 g/mol. The molecule has 0 aromatic heterocycles. The Hall–Kier alpha value is -2.66. The second kappa shape index (κ2) is 5.99. The van der Waals surface area contributed by atoms with Gasteiger partial charge in [0.15, 0.2) is 0 Å². The predicted octanol–water partition coefficient (Wildman–Crippen LogP) is 1.61. The van der Waals surface area contributed by atoms with Crippen molar-refractivity contribution in [3.63, 3.8) is 0 Å². The van der Waals surface area contributed by atoms with Crippen LogP contribution in [-0.2, 0) is 4.74 Å². The number of ether oxygens (including phenoxy) is 1. The van der Waals surface area contributed by atoms with Crippen LogP contribution in [0, 0.1) is 0 Å². The summed E-state index contributed by atoms with van der Waals surface area (Å²) in [7, 11) is 0. The Morgan fingerprint density at radius 2 is 1.59 bits per heavy atom. The van der Waals surface area contributed by atoms with Crippen molar-refractivity contribution in [1.29, 1.82) is 0 Å². The SMILES string of the molecule is O=C([O-])N(C(=O)c1ccccc1)C(c1ccccc1)C1CO1. The van der Waals surface area contributed by atoms with Crippen LogP contribution >= 0.6 is 0 Å². The lowest BCUT2D eigenvalue weighted by Gasteiger charge is -2.31. The zero-order chi connectivity index (χ0) is 15.5. The van der Waals surface area contributed by atoms with E-state index in [1.165, 1.54) is 0 Å². The lowest BCUT2D eigenvalue weighted by atomic mass is 10.0. The van der Waals surface area contributed by atoms with Gasteiger partial charge in [-0.05, 0) is 17.7 Å². The molecule has 0 spiro atoms. The number of epoxide rings is 1. The third-order valence-corrected chi connectivity index (χ3v) is 3.57. The third-order valence-electron chi connectivity index (χ3n) is 3.57. The van der Waals surface area contributed by atoms with Gasteiger partial charge >= 0.3 is 0 Å². The number of carbonyl (C=O) groups is 2. The van der Waals surface area contributed by atoms with Gasteiger partial charge in [0.25, 0.3) is 5.91 Å². The van der Waals surface area contributed by atoms with Crippen molar-refractivity contribution in [3.05, 3.63) is 71.8 Å². The minimum Gasteiger partial charge on any atom is -0.530 e. The maximum atomic E-state index is 12.6. The number of hydrogen-bond acceptors (Lipinski definition) is 4. The maximum absolute atomic E-state index is 12.6. The maximum Gasteiger partial charge on any atom is 0.259 e. The minimum absolute atomic E-state index is 0.299. The number of rotatable bonds is 4. The summed E-state index contributed by atoms with van der Waals surface area (Å²) < 4.78 is 5.26. The summed E-state index contributed by atoms with van der Waals surface area (Å²) >= 11 is 0. The first-order valence-electron chi connectivity index (χ1n) is 6.94. The summed E-state index contributed by atoms with van der Waals surface area (Å²) in [6.45, 7) is 0.422. The molecule has 22 heavy (non-hydrogen) atoms. The van der Waals surface area contributed by atoms with Gasteiger partial charge in [-0.15, -0.1) is 0 Å². The van der Waals surface area contributed by atoms with Crippen LogP contribution in [0.1, 0.15) is 22.0 Å². The second-order valence-corrected chi connectivity index (χ2v) is 5.03. The molecule has 3 rings (SSSR count). The van der Waals surface area contributed by atoms with Crippen LogP contribution in [0.5, 0.6) is 0 Å². The highest BCUT2D eigenvalue weighted by molar-refractivity contribution is 6.02. The van der Waals surface area contributed by atoms with E-state index in [4.69, 9.17) is 4.74 Å². The van der Waals surface area contributed by atoms with Crippen LogP contribution in [0.4, 0.5) is 4.79 Å². The lowest BCUT2D eigenvalue weighted by molar-refractivity contribution is -0.264. The van der Waals surface area contributed by atoms with Gasteiger partial charge in [-0.2, -0.15) is 0 Å². The van der Waals surface area contributed by atoms with Gasteiger partial charge in [-0.25, -0.2) is 0 Å². The largest absolute Gasteiger partial charge is 0.530 e. The Bertz CT molecular complexity index is 668. The molecule has 1 aliphatic rings. The van der Waals surface area contributed by atoms with Gasteiger partial charge in [0.05, 0.1) is 12.6 Å². The molecule has 5 nitrogen and oxygen atoms in total. The van der Waals surface area contributed by atoms with Crippen molar-refractivity contribution < 1.29 is 19.4 Å². The summed E-state index contributed by atoms with van der Waals surface area (Å²) in [6, 6.07) is 16.6. The number of amides is 2. The van der Waals surface area contributed by atoms with Gasteiger partial charge in [0, 0.05) is 5.56 Å². The third kappa shape index (κ3) is 2.84. The van der Waals surface area contributed by atoms with Gasteiger partial charge < -0.3 is 14.6 Å². The van der Waals surface area contributed by atoms with E-state index in [2.05, 4.69) is 0 Å². The van der Waals surface area contributed by atoms with E-state index in [0.29, 0.717) is 17.7 Å². The van der Waals surface area contributed by atoms with Crippen LogP contribution in [-0.4, -0.2) is 29.6 Å². The summed E-state index contributed by atoms with van der Waals surface area (Å²) in [5.74, 6) is -0.607. The highest BCUT2D eigenvalue weighted by Gasteiger charge is 2.41. The summed E-state index contributed by atoms with van der Waals surface area (Å²) in [5, 5.41) is 11.6. The Morgan fingerprint density at radius 3 is 2.09 bits per heavy atom. The number of benzene rings is 2. The second-order valence-electron chi connectivity index (χ2n) is 5.03. The summed E-state index contributed by atoms with van der Waals surface area (Å²) in [5.41, 5.74) is 1.01. The highest BCUT2D eigenvalue weighted by Crippen LogP contribution is 2.33. The van der Waals surface area contributed by atoms with E-state index < -0.39 is 18.0 Å². The number of carboxylic acid groups (broad SMARTS) is 1. The average Bonchev–Trinajstić information content (AvgIpc) is 3.38. The van der Waals surface area contributed by atoms with Crippen molar-refractivity contribution in [1.82, 2.24) is 4.90 Å². The molecule has 2 unspecified atom stereocenters. The molecule has 1 fully saturated rings. The fraction of sp³-hybridized carbons (Fsp3) is 0.176. The lowest BCUT2D eigenvalue weighted by Crippen LogP contribution is -2.48. The van der Waals surface area contributed by atoms with E-state index in [1.807, 2.05) is 6.07 Å². The molecule has 2 aromatic carbocycles. The Morgan fingerprint density at radius 1 is 1.05 bits per heavy atom. The molecule has 0 aliphatic carbocycles. The molecule has 5 heteroatoms. The molecule has 0 saturated carbocycles. The molecule has 0 radical (unpaired) electrons. The highest BCUT2D eigenvalue weighted by atomic mass is 16.6. The molecule has 2 atom stereocenters. The van der Waals surface area contributed by atoms with Crippen molar-refractivity contribution in [2.45, 2.75) is 12.1 Å². The van der Waals surface area contributed by atoms with Crippen molar-refractivity contribution >= 4 is 12.0 Å². The Balaban J connectivity index is 1.98. The normalized spacial score (nSPS) is 17.5. The summed E-state index contributed by atoms with van der Waals surface area (Å²) in [6.07, 6.45) is -1.86.